The van der Waals surface area contributed by atoms with Crippen LogP contribution in [0.5, 0.6) is 5.75 Å². The maximum atomic E-state index is 13.9. The molecule has 168 valence electrons. The number of ether oxygens (including phenoxy) is 1. The molecular weight excluding hydrogens is 425 g/mol. The Morgan fingerprint density at radius 1 is 1.12 bits per heavy atom. The number of alkyl halides is 3. The number of nitrogens with one attached hydrogen (secondary N) is 2. The Morgan fingerprint density at radius 3 is 2.56 bits per heavy atom. The first kappa shape index (κ1) is 22.9. The molecule has 0 aliphatic carbocycles. The highest BCUT2D eigenvalue weighted by atomic mass is 19.4. The Bertz CT molecular complexity index is 1130. The molecular formula is C22H21F3N4O3. The number of para-hydroxylation sites is 1. The molecule has 0 saturated heterocycles. The molecule has 2 amide bonds. The lowest BCUT2D eigenvalue weighted by Gasteiger charge is -2.14. The van der Waals surface area contributed by atoms with Crippen LogP contribution >= 0.6 is 0 Å². The topological polar surface area (TPSA) is 85.2 Å². The molecule has 0 bridgehead atoms. The number of hydrogen-bond donors (Lipinski definition) is 2. The van der Waals surface area contributed by atoms with Gasteiger partial charge in [0.15, 0.2) is 12.3 Å². The summed E-state index contributed by atoms with van der Waals surface area (Å²) in [5.74, 6) is -1.01. The SMILES string of the molecule is CCNC(=O)COc1cccc(NC(=O)c2cnn(-c3ccccc3C)c2C(F)(F)F)c1. The van der Waals surface area contributed by atoms with Crippen LogP contribution in [0.2, 0.25) is 0 Å². The molecule has 0 spiro atoms. The fourth-order valence-corrected chi connectivity index (χ4v) is 3.03. The number of carbonyl (C=O) groups excluding carboxylic acids is 2. The monoisotopic (exact) mass is 446 g/mol. The van der Waals surface area contributed by atoms with Crippen LogP contribution in [0.3, 0.4) is 0 Å². The quantitative estimate of drug-likeness (QED) is 0.575. The number of aromatic nitrogens is 2. The van der Waals surface area contributed by atoms with Crippen LogP contribution in [-0.4, -0.2) is 34.7 Å². The summed E-state index contributed by atoms with van der Waals surface area (Å²) >= 11 is 0. The molecule has 0 unspecified atom stereocenters. The molecule has 1 heterocycles. The third kappa shape index (κ3) is 5.26. The minimum absolute atomic E-state index is 0.208. The minimum atomic E-state index is -4.82. The summed E-state index contributed by atoms with van der Waals surface area (Å²) in [6, 6.07) is 12.5. The molecule has 0 saturated carbocycles. The lowest BCUT2D eigenvalue weighted by molar-refractivity contribution is -0.143. The van der Waals surface area contributed by atoms with E-state index in [0.717, 1.165) is 10.9 Å². The first-order chi connectivity index (χ1) is 15.2. The van der Waals surface area contributed by atoms with Crippen LogP contribution in [-0.2, 0) is 11.0 Å². The zero-order chi connectivity index (χ0) is 23.3. The second-order valence-corrected chi connectivity index (χ2v) is 6.83. The number of aryl methyl sites for hydroxylation is 1. The van der Waals surface area contributed by atoms with E-state index in [1.165, 1.54) is 18.2 Å². The first-order valence-electron chi connectivity index (χ1n) is 9.73. The Labute approximate surface area is 182 Å². The van der Waals surface area contributed by atoms with Crippen molar-refractivity contribution in [2.24, 2.45) is 0 Å². The van der Waals surface area contributed by atoms with Crippen molar-refractivity contribution in [3.8, 4) is 11.4 Å². The van der Waals surface area contributed by atoms with Gasteiger partial charge < -0.3 is 15.4 Å². The summed E-state index contributed by atoms with van der Waals surface area (Å²) in [7, 11) is 0. The summed E-state index contributed by atoms with van der Waals surface area (Å²) in [6.07, 6.45) is -3.93. The summed E-state index contributed by atoms with van der Waals surface area (Å²) in [6.45, 7) is 3.65. The van der Waals surface area contributed by atoms with E-state index in [1.54, 1.807) is 44.2 Å². The Hall–Kier alpha value is -3.82. The first-order valence-corrected chi connectivity index (χ1v) is 9.73. The molecule has 7 nitrogen and oxygen atoms in total. The van der Waals surface area contributed by atoms with E-state index in [2.05, 4.69) is 15.7 Å². The van der Waals surface area contributed by atoms with Crippen molar-refractivity contribution >= 4 is 17.5 Å². The van der Waals surface area contributed by atoms with E-state index < -0.39 is 23.3 Å². The number of anilines is 1. The third-order valence-corrected chi connectivity index (χ3v) is 4.46. The second-order valence-electron chi connectivity index (χ2n) is 6.83. The van der Waals surface area contributed by atoms with Crippen molar-refractivity contribution < 1.29 is 27.5 Å². The molecule has 10 heteroatoms. The largest absolute Gasteiger partial charge is 0.484 e. The molecule has 2 N–H and O–H groups in total. The Balaban J connectivity index is 1.85. The molecule has 32 heavy (non-hydrogen) atoms. The maximum absolute atomic E-state index is 13.9. The van der Waals surface area contributed by atoms with Crippen LogP contribution in [0.1, 0.15) is 28.5 Å². The highest BCUT2D eigenvalue weighted by Crippen LogP contribution is 2.34. The molecule has 0 aliphatic heterocycles. The van der Waals surface area contributed by atoms with Gasteiger partial charge in [-0.1, -0.05) is 24.3 Å². The van der Waals surface area contributed by atoms with Crippen molar-refractivity contribution in [1.82, 2.24) is 15.1 Å². The van der Waals surface area contributed by atoms with E-state index in [1.807, 2.05) is 0 Å². The zero-order valence-corrected chi connectivity index (χ0v) is 17.4. The number of benzene rings is 2. The smallest absolute Gasteiger partial charge is 0.434 e. The van der Waals surface area contributed by atoms with Crippen LogP contribution in [0.4, 0.5) is 18.9 Å². The van der Waals surface area contributed by atoms with E-state index >= 15 is 0 Å². The molecule has 3 aromatic rings. The molecule has 1 aromatic heterocycles. The number of carbonyl (C=O) groups is 2. The van der Waals surface area contributed by atoms with Crippen molar-refractivity contribution in [1.29, 1.82) is 0 Å². The highest BCUT2D eigenvalue weighted by Gasteiger charge is 2.40. The van der Waals surface area contributed by atoms with Crippen molar-refractivity contribution in [3.63, 3.8) is 0 Å². The predicted octanol–water partition coefficient (Wildman–Crippen LogP) is 3.97. The Kier molecular flexibility index (Phi) is 6.82. The van der Waals surface area contributed by atoms with Gasteiger partial charge in [-0.25, -0.2) is 4.68 Å². The standard InChI is InChI=1S/C22H21F3N4O3/c1-3-26-19(30)13-32-16-9-6-8-15(11-16)28-21(31)17-12-27-29(20(17)22(23,24)25)18-10-5-4-7-14(18)2/h4-12H,3,13H2,1-2H3,(H,26,30)(H,28,31). The number of hydrogen-bond acceptors (Lipinski definition) is 4. The van der Waals surface area contributed by atoms with Crippen molar-refractivity contribution in [2.75, 3.05) is 18.5 Å². The molecule has 0 aliphatic rings. The molecule has 0 atom stereocenters. The molecule has 0 radical (unpaired) electrons. The highest BCUT2D eigenvalue weighted by molar-refractivity contribution is 6.05. The minimum Gasteiger partial charge on any atom is -0.484 e. The molecule has 0 fully saturated rings. The van der Waals surface area contributed by atoms with Crippen LogP contribution in [0.25, 0.3) is 5.69 Å². The fourth-order valence-electron chi connectivity index (χ4n) is 3.03. The van der Waals surface area contributed by atoms with Crippen LogP contribution < -0.4 is 15.4 Å². The molecule has 2 aromatic carbocycles. The van der Waals surface area contributed by atoms with Gasteiger partial charge in [-0.3, -0.25) is 9.59 Å². The van der Waals surface area contributed by atoms with Gasteiger partial charge in [0, 0.05) is 18.3 Å². The number of nitrogens with zero attached hydrogens (tertiary/aromatic N) is 2. The normalized spacial score (nSPS) is 11.2. The lowest BCUT2D eigenvalue weighted by atomic mass is 10.1. The zero-order valence-electron chi connectivity index (χ0n) is 17.4. The van der Waals surface area contributed by atoms with Crippen LogP contribution in [0, 0.1) is 6.92 Å². The van der Waals surface area contributed by atoms with E-state index in [-0.39, 0.29) is 29.6 Å². The van der Waals surface area contributed by atoms with Crippen LogP contribution in [0.15, 0.2) is 54.7 Å². The van der Waals surface area contributed by atoms with Crippen molar-refractivity contribution in [2.45, 2.75) is 20.0 Å². The maximum Gasteiger partial charge on any atom is 0.434 e. The van der Waals surface area contributed by atoms with Gasteiger partial charge in [0.2, 0.25) is 0 Å². The van der Waals surface area contributed by atoms with Gasteiger partial charge in [-0.05, 0) is 37.6 Å². The van der Waals surface area contributed by atoms with E-state index in [9.17, 15) is 22.8 Å². The van der Waals surface area contributed by atoms with Gasteiger partial charge in [-0.2, -0.15) is 18.3 Å². The van der Waals surface area contributed by atoms with Gasteiger partial charge in [0.1, 0.15) is 5.75 Å². The van der Waals surface area contributed by atoms with E-state index in [0.29, 0.717) is 12.1 Å². The third-order valence-electron chi connectivity index (χ3n) is 4.46. The number of halogens is 3. The summed E-state index contributed by atoms with van der Waals surface area (Å²) in [5, 5.41) is 8.83. The van der Waals surface area contributed by atoms with Crippen molar-refractivity contribution in [3.05, 3.63) is 71.5 Å². The Morgan fingerprint density at radius 2 is 1.88 bits per heavy atom. The fraction of sp³-hybridized carbons (Fsp3) is 0.227. The van der Waals surface area contributed by atoms with Gasteiger partial charge in [-0.15, -0.1) is 0 Å². The lowest BCUT2D eigenvalue weighted by Crippen LogP contribution is -2.28. The summed E-state index contributed by atoms with van der Waals surface area (Å²) in [4.78, 5) is 24.2. The average molecular weight is 446 g/mol. The number of amides is 2. The predicted molar refractivity (Wildman–Crippen MR) is 112 cm³/mol. The summed E-state index contributed by atoms with van der Waals surface area (Å²) in [5.41, 5.74) is -0.785. The average Bonchev–Trinajstić information content (AvgIpc) is 3.19. The number of likely N-dealkylation sites (N-methyl/N-ethyl adjacent to an activating group) is 1. The van der Waals surface area contributed by atoms with E-state index in [4.69, 9.17) is 4.74 Å². The summed E-state index contributed by atoms with van der Waals surface area (Å²) < 4.78 is 47.6. The second kappa shape index (κ2) is 9.54. The molecule has 3 rings (SSSR count). The number of rotatable bonds is 7. The van der Waals surface area contributed by atoms with Gasteiger partial charge in [0.05, 0.1) is 17.4 Å². The van der Waals surface area contributed by atoms with Gasteiger partial charge >= 0.3 is 6.18 Å². The van der Waals surface area contributed by atoms with Gasteiger partial charge in [0.25, 0.3) is 11.8 Å².